The molecule has 0 unspecified atom stereocenters. The third-order valence-corrected chi connectivity index (χ3v) is 4.30. The molecule has 1 saturated heterocycles. The smallest absolute Gasteiger partial charge is 0.329 e. The standard InChI is InChI=1S/C19H14BrFN2O5/c20-13-4-5-16(28-10-11-2-1-3-14(21)6-11)12(7-13)8-15-18(26)23(9-17(24)25)19(27)22-15/h1-8H,9-10H2,(H,22,27)(H,24,25)/b15-8+. The molecule has 1 heterocycles. The first kappa shape index (κ1) is 19.6. The van der Waals surface area contributed by atoms with E-state index in [0.717, 1.165) is 0 Å². The normalized spacial score (nSPS) is 15.1. The van der Waals surface area contributed by atoms with Crippen molar-refractivity contribution < 1.29 is 28.6 Å². The van der Waals surface area contributed by atoms with Gasteiger partial charge in [0, 0.05) is 10.0 Å². The van der Waals surface area contributed by atoms with Gasteiger partial charge in [-0.1, -0.05) is 28.1 Å². The molecule has 3 rings (SSSR count). The number of nitrogens with zero attached hydrogens (tertiary/aromatic N) is 1. The van der Waals surface area contributed by atoms with Crippen LogP contribution in [0.15, 0.2) is 52.6 Å². The number of halogens is 2. The Labute approximate surface area is 167 Å². The van der Waals surface area contributed by atoms with Gasteiger partial charge in [0.1, 0.15) is 30.4 Å². The highest BCUT2D eigenvalue weighted by Crippen LogP contribution is 2.27. The van der Waals surface area contributed by atoms with Gasteiger partial charge in [0.25, 0.3) is 5.91 Å². The maximum absolute atomic E-state index is 13.3. The van der Waals surface area contributed by atoms with Crippen molar-refractivity contribution in [2.45, 2.75) is 6.61 Å². The van der Waals surface area contributed by atoms with Crippen molar-refractivity contribution in [3.63, 3.8) is 0 Å². The number of hydrogen-bond acceptors (Lipinski definition) is 4. The highest BCUT2D eigenvalue weighted by molar-refractivity contribution is 9.10. The highest BCUT2D eigenvalue weighted by Gasteiger charge is 2.35. The van der Waals surface area contributed by atoms with E-state index in [4.69, 9.17) is 9.84 Å². The lowest BCUT2D eigenvalue weighted by molar-refractivity contribution is -0.140. The fourth-order valence-electron chi connectivity index (χ4n) is 2.56. The molecule has 2 aromatic carbocycles. The number of ether oxygens (including phenoxy) is 1. The maximum Gasteiger partial charge on any atom is 0.329 e. The van der Waals surface area contributed by atoms with Gasteiger partial charge in [-0.25, -0.2) is 14.1 Å². The number of urea groups is 1. The number of carboxylic acids is 1. The Morgan fingerprint density at radius 2 is 2.04 bits per heavy atom. The monoisotopic (exact) mass is 448 g/mol. The van der Waals surface area contributed by atoms with Crippen molar-refractivity contribution in [2.24, 2.45) is 0 Å². The lowest BCUT2D eigenvalue weighted by Gasteiger charge is -2.11. The van der Waals surface area contributed by atoms with Gasteiger partial charge in [0.05, 0.1) is 0 Å². The second-order valence-electron chi connectivity index (χ2n) is 5.87. The Bertz CT molecular complexity index is 992. The summed E-state index contributed by atoms with van der Waals surface area (Å²) in [7, 11) is 0. The van der Waals surface area contributed by atoms with E-state index < -0.39 is 24.5 Å². The summed E-state index contributed by atoms with van der Waals surface area (Å²) < 4.78 is 19.7. The van der Waals surface area contributed by atoms with Crippen LogP contribution in [0, 0.1) is 5.82 Å². The summed E-state index contributed by atoms with van der Waals surface area (Å²) in [6, 6.07) is 10.2. The number of aliphatic carboxylic acids is 1. The molecule has 1 fully saturated rings. The lowest BCUT2D eigenvalue weighted by Crippen LogP contribution is -2.35. The summed E-state index contributed by atoms with van der Waals surface area (Å²) in [5.74, 6) is -2.02. The van der Waals surface area contributed by atoms with Gasteiger partial charge >= 0.3 is 12.0 Å². The van der Waals surface area contributed by atoms with E-state index in [2.05, 4.69) is 21.2 Å². The van der Waals surface area contributed by atoms with E-state index in [9.17, 15) is 18.8 Å². The third-order valence-electron chi connectivity index (χ3n) is 3.81. The van der Waals surface area contributed by atoms with Crippen LogP contribution in [0.25, 0.3) is 6.08 Å². The Hall–Kier alpha value is -3.20. The summed E-state index contributed by atoms with van der Waals surface area (Å²) in [5.41, 5.74) is 1.03. The number of hydrogen-bond donors (Lipinski definition) is 2. The second-order valence-corrected chi connectivity index (χ2v) is 6.79. The van der Waals surface area contributed by atoms with Crippen LogP contribution >= 0.6 is 15.9 Å². The average Bonchev–Trinajstić information content (AvgIpc) is 2.88. The molecule has 0 aliphatic carbocycles. The molecule has 1 aliphatic heterocycles. The average molecular weight is 449 g/mol. The van der Waals surface area contributed by atoms with E-state index in [1.54, 1.807) is 30.3 Å². The number of amides is 3. The summed E-state index contributed by atoms with van der Waals surface area (Å²) in [6.07, 6.45) is 1.40. The molecule has 2 aromatic rings. The minimum absolute atomic E-state index is 0.0695. The molecule has 0 aromatic heterocycles. The van der Waals surface area contributed by atoms with Gasteiger partial charge in [-0.15, -0.1) is 0 Å². The predicted octanol–water partition coefficient (Wildman–Crippen LogP) is 3.14. The van der Waals surface area contributed by atoms with Gasteiger partial charge in [-0.2, -0.15) is 0 Å². The molecule has 0 bridgehead atoms. The van der Waals surface area contributed by atoms with Crippen LogP contribution < -0.4 is 10.1 Å². The molecular formula is C19H14BrFN2O5. The Morgan fingerprint density at radius 3 is 2.75 bits per heavy atom. The summed E-state index contributed by atoms with van der Waals surface area (Å²) >= 11 is 3.33. The van der Waals surface area contributed by atoms with E-state index in [0.29, 0.717) is 26.2 Å². The molecule has 9 heteroatoms. The van der Waals surface area contributed by atoms with Crippen molar-refractivity contribution in [1.29, 1.82) is 0 Å². The number of nitrogens with one attached hydrogen (secondary N) is 1. The molecule has 0 atom stereocenters. The van der Waals surface area contributed by atoms with Crippen LogP contribution in [0.1, 0.15) is 11.1 Å². The van der Waals surface area contributed by atoms with Gasteiger partial charge in [0.15, 0.2) is 0 Å². The van der Waals surface area contributed by atoms with E-state index in [1.165, 1.54) is 18.2 Å². The van der Waals surface area contributed by atoms with Crippen molar-refractivity contribution in [1.82, 2.24) is 10.2 Å². The quantitative estimate of drug-likeness (QED) is 0.522. The fourth-order valence-corrected chi connectivity index (χ4v) is 2.94. The summed E-state index contributed by atoms with van der Waals surface area (Å²) in [5, 5.41) is 11.2. The van der Waals surface area contributed by atoms with Crippen LogP contribution in [0.3, 0.4) is 0 Å². The number of carbonyl (C=O) groups is 3. The van der Waals surface area contributed by atoms with Crippen LogP contribution in [0.4, 0.5) is 9.18 Å². The molecule has 2 N–H and O–H groups in total. The van der Waals surface area contributed by atoms with E-state index in [-0.39, 0.29) is 18.1 Å². The molecule has 3 amide bonds. The minimum Gasteiger partial charge on any atom is -0.488 e. The Balaban J connectivity index is 1.84. The largest absolute Gasteiger partial charge is 0.488 e. The number of benzene rings is 2. The second kappa shape index (κ2) is 8.22. The maximum atomic E-state index is 13.3. The van der Waals surface area contributed by atoms with E-state index in [1.807, 2.05) is 0 Å². The Kier molecular flexibility index (Phi) is 5.74. The fraction of sp³-hybridized carbons (Fsp3) is 0.105. The van der Waals surface area contributed by atoms with Crippen molar-refractivity contribution in [2.75, 3.05) is 6.54 Å². The van der Waals surface area contributed by atoms with Crippen LogP contribution in [-0.2, 0) is 16.2 Å². The zero-order chi connectivity index (χ0) is 20.3. The Morgan fingerprint density at radius 1 is 1.25 bits per heavy atom. The first-order chi connectivity index (χ1) is 13.3. The number of rotatable bonds is 6. The molecule has 144 valence electrons. The van der Waals surface area contributed by atoms with E-state index >= 15 is 0 Å². The van der Waals surface area contributed by atoms with Gasteiger partial charge in [-0.3, -0.25) is 9.59 Å². The van der Waals surface area contributed by atoms with Crippen LogP contribution in [-0.4, -0.2) is 34.5 Å². The molecule has 1 aliphatic rings. The van der Waals surface area contributed by atoms with Crippen molar-refractivity contribution >= 4 is 39.9 Å². The topological polar surface area (TPSA) is 95.9 Å². The summed E-state index contributed by atoms with van der Waals surface area (Å²) in [4.78, 5) is 35.5. The summed E-state index contributed by atoms with van der Waals surface area (Å²) in [6.45, 7) is -0.634. The molecule has 7 nitrogen and oxygen atoms in total. The molecular weight excluding hydrogens is 435 g/mol. The molecule has 28 heavy (non-hydrogen) atoms. The highest BCUT2D eigenvalue weighted by atomic mass is 79.9. The predicted molar refractivity (Wildman–Crippen MR) is 101 cm³/mol. The lowest BCUT2D eigenvalue weighted by atomic mass is 10.1. The molecule has 0 radical (unpaired) electrons. The van der Waals surface area contributed by atoms with Crippen LogP contribution in [0.5, 0.6) is 5.75 Å². The number of carbonyl (C=O) groups excluding carboxylic acids is 2. The first-order valence-electron chi connectivity index (χ1n) is 8.06. The van der Waals surface area contributed by atoms with Gasteiger partial charge < -0.3 is 15.2 Å². The van der Waals surface area contributed by atoms with Crippen molar-refractivity contribution in [3.05, 3.63) is 69.6 Å². The first-order valence-corrected chi connectivity index (χ1v) is 8.86. The van der Waals surface area contributed by atoms with Crippen LogP contribution in [0.2, 0.25) is 0 Å². The third kappa shape index (κ3) is 4.55. The van der Waals surface area contributed by atoms with Gasteiger partial charge in [0.2, 0.25) is 0 Å². The molecule has 0 spiro atoms. The van der Waals surface area contributed by atoms with Crippen molar-refractivity contribution in [3.8, 4) is 5.75 Å². The zero-order valence-corrected chi connectivity index (χ0v) is 15.9. The minimum atomic E-state index is -1.30. The molecule has 0 saturated carbocycles. The zero-order valence-electron chi connectivity index (χ0n) is 14.3. The SMILES string of the molecule is O=C(O)CN1C(=O)N/C(=C/c2cc(Br)ccc2OCc2cccc(F)c2)C1=O. The van der Waals surface area contributed by atoms with Gasteiger partial charge in [-0.05, 0) is 42.0 Å². The number of carboxylic acid groups (broad SMARTS) is 1. The number of imide groups is 1.